The van der Waals surface area contributed by atoms with Crippen LogP contribution >= 0.6 is 0 Å². The molecule has 0 aliphatic rings. The van der Waals surface area contributed by atoms with Crippen molar-refractivity contribution in [3.8, 4) is 0 Å². The summed E-state index contributed by atoms with van der Waals surface area (Å²) in [6.07, 6.45) is 8.77. The van der Waals surface area contributed by atoms with E-state index in [1.165, 1.54) is 193 Å². The zero-order valence-corrected chi connectivity index (χ0v) is 69.6. The van der Waals surface area contributed by atoms with E-state index >= 15 is 0 Å². The Bertz CT molecular complexity index is 1300. The van der Waals surface area contributed by atoms with Crippen molar-refractivity contribution in [2.45, 2.75) is 128 Å². The largest absolute Gasteiger partial charge is 0.358 e. The Labute approximate surface area is 566 Å². The lowest BCUT2D eigenvalue weighted by Gasteiger charge is -2.38. The van der Waals surface area contributed by atoms with Gasteiger partial charge in [-0.2, -0.15) is 0 Å². The third-order valence-corrected chi connectivity index (χ3v) is 16.2. The fraction of sp³-hybridized carbons (Fsp3) is 1.00. The molecule has 18 N–H and O–H groups in total. The van der Waals surface area contributed by atoms with Crippen molar-refractivity contribution >= 4 is 0 Å². The molecule has 0 aromatic carbocycles. The van der Waals surface area contributed by atoms with Gasteiger partial charge in [0.15, 0.2) is 0 Å². The summed E-state index contributed by atoms with van der Waals surface area (Å²) in [5, 5.41) is 11.3. The first-order valence-corrected chi connectivity index (χ1v) is 37.1. The van der Waals surface area contributed by atoms with Gasteiger partial charge in [-0.3, -0.25) is 0 Å². The van der Waals surface area contributed by atoms with Crippen LogP contribution in [0.2, 0.25) is 0 Å². The maximum atomic E-state index is 3.84. The van der Waals surface area contributed by atoms with Crippen LogP contribution in [-0.4, -0.2) is 396 Å². The van der Waals surface area contributed by atoms with E-state index in [4.69, 9.17) is 0 Å². The zero-order chi connectivity index (χ0) is 72.0. The number of nitrogens with two attached hydrogens (primary N) is 2. The minimum Gasteiger partial charge on any atom is -0.358 e. The van der Waals surface area contributed by atoms with E-state index in [2.05, 4.69) is 282 Å². The molecule has 0 fully saturated rings. The van der Waals surface area contributed by atoms with Gasteiger partial charge in [0, 0.05) is 13.1 Å². The van der Waals surface area contributed by atoms with Crippen molar-refractivity contribution in [1.29, 1.82) is 0 Å². The summed E-state index contributed by atoms with van der Waals surface area (Å²) in [4.78, 5) is 0. The fourth-order valence-corrected chi connectivity index (χ4v) is 8.64. The summed E-state index contributed by atoms with van der Waals surface area (Å²) in [5.41, 5.74) is 14.9. The smallest absolute Gasteiger partial charge is 0.128 e. The van der Waals surface area contributed by atoms with Crippen molar-refractivity contribution in [2.75, 3.05) is 351 Å². The predicted octanol–water partition coefficient (Wildman–Crippen LogP) is 1.14. The van der Waals surface area contributed by atoms with Crippen LogP contribution in [-0.2, 0) is 0 Å². The number of nitrogens with zero attached hydrogens (tertiary/aromatic N) is 10. The summed E-state index contributed by atoms with van der Waals surface area (Å²) in [6.45, 7) is 63.0. The quantitative estimate of drug-likeness (QED) is 0.0340. The Hall–Kier alpha value is -0.720. The molecule has 0 unspecified atom stereocenters. The van der Waals surface area contributed by atoms with Crippen LogP contribution in [0.5, 0.6) is 0 Å². The van der Waals surface area contributed by atoms with Gasteiger partial charge >= 0.3 is 0 Å². The Morgan fingerprint density at radius 2 is 0.494 bits per heavy atom. The highest BCUT2D eigenvalue weighted by Crippen LogP contribution is 2.08. The molecule has 0 rings (SSSR count). The van der Waals surface area contributed by atoms with Crippen molar-refractivity contribution < 1.29 is 78.4 Å². The molecule has 18 heteroatoms. The minimum atomic E-state index is 1.00. The standard InChI is InChI=1S/C18H46N4.C10H26N2.C9H24N4.C8H20N.C7H19N2.C6H16N.C5H14N2.C5H14N.C3H9N/c1-11-12-20(5,6)15-16-22(9,10)18-17-21(7,8)14-13-19(2,3)4;1-7-8-12(5,6)10-9-11(2,3)4;1-2-4-11-6-8-13-9-7-12-5-3-10;1-5-9(6-2,7-3)8-4;1-4-6-9(2,3)7-5-8;1-5-6-7(2,3)4;1-2-4-7-5-3-6;1-5-6(2,3)4;1-2-3-4/h11-18H2,1-10H3;7-10H2,1-6H3;11-13H,2-10H2,1H3;5-8H2,1-4H3;4-8H2,1-3H3;5-6H2,1-4H3;7H,2-6H2,1H3;5H2,1-4H3;2-4H2,1H3/q+4;+2;;3*+1;;+1;/p+6. The Balaban J connectivity index is -0.000000121. The Morgan fingerprint density at radius 3 is 0.697 bits per heavy atom. The highest BCUT2D eigenvalue weighted by atomic mass is 15.4. The van der Waals surface area contributed by atoms with Gasteiger partial charge in [0.25, 0.3) is 0 Å². The summed E-state index contributed by atoms with van der Waals surface area (Å²) >= 11 is 0. The molecule has 0 aromatic rings. The molecule has 0 aliphatic heterocycles. The average molecular weight is 1300 g/mol. The topological polar surface area (TPSA) is 168 Å². The van der Waals surface area contributed by atoms with Crippen molar-refractivity contribution in [1.82, 2.24) is 10.6 Å². The van der Waals surface area contributed by atoms with Crippen molar-refractivity contribution in [2.24, 2.45) is 0 Å². The molecule has 0 heterocycles. The first kappa shape index (κ1) is 107. The highest BCUT2D eigenvalue weighted by molar-refractivity contribution is 4.43. The van der Waals surface area contributed by atoms with Gasteiger partial charge in [-0.05, 0) is 92.7 Å². The molecular formula is C71H194N18+16. The molecule has 18 nitrogen and oxygen atoms in total. The highest BCUT2D eigenvalue weighted by Gasteiger charge is 2.27. The monoisotopic (exact) mass is 1300 g/mol. The molecule has 0 bridgehead atoms. The first-order chi connectivity index (χ1) is 40.7. The lowest BCUT2D eigenvalue weighted by Crippen LogP contribution is -2.96. The molecule has 89 heavy (non-hydrogen) atoms. The number of hydrogen-bond donors (Lipinski definition) is 8. The molecule has 552 valence electrons. The van der Waals surface area contributed by atoms with Gasteiger partial charge in [-0.15, -0.1) is 0 Å². The van der Waals surface area contributed by atoms with E-state index in [0.717, 1.165) is 92.7 Å². The number of rotatable bonds is 42. The van der Waals surface area contributed by atoms with Gasteiger partial charge in [-0.1, -0.05) is 48.5 Å². The van der Waals surface area contributed by atoms with Crippen molar-refractivity contribution in [3.05, 3.63) is 0 Å². The Morgan fingerprint density at radius 1 is 0.225 bits per heavy atom. The van der Waals surface area contributed by atoms with Crippen LogP contribution in [0.1, 0.15) is 128 Å². The van der Waals surface area contributed by atoms with Crippen LogP contribution in [0.25, 0.3) is 0 Å². The van der Waals surface area contributed by atoms with Gasteiger partial charge in [0.2, 0.25) is 0 Å². The van der Waals surface area contributed by atoms with E-state index in [1.807, 2.05) is 0 Å². The van der Waals surface area contributed by atoms with Gasteiger partial charge < -0.3 is 89.0 Å². The van der Waals surface area contributed by atoms with E-state index in [0.29, 0.717) is 0 Å². The number of hydrogen-bond acceptors (Lipinski definition) is 2. The van der Waals surface area contributed by atoms with Crippen LogP contribution in [0.4, 0.5) is 0 Å². The lowest BCUT2D eigenvalue weighted by atomic mass is 10.3. The zero-order valence-electron chi connectivity index (χ0n) is 69.6. The molecule has 0 aromatic heterocycles. The second kappa shape index (κ2) is 64.6. The summed E-state index contributed by atoms with van der Waals surface area (Å²) in [6, 6.07) is 0. The van der Waals surface area contributed by atoms with Gasteiger partial charge in [0.1, 0.15) is 91.6 Å². The molecule has 0 spiro atoms. The lowest BCUT2D eigenvalue weighted by molar-refractivity contribution is -0.976. The molecule has 0 saturated carbocycles. The van der Waals surface area contributed by atoms with E-state index in [1.54, 1.807) is 0 Å². The Kier molecular flexibility index (Phi) is 77.7. The van der Waals surface area contributed by atoms with Gasteiger partial charge in [-0.25, -0.2) is 0 Å². The normalized spacial score (nSPS) is 12.2. The number of nitrogens with one attached hydrogen (secondary N) is 2. The summed E-state index contributed by atoms with van der Waals surface area (Å²) < 4.78 is 11.3. The molecule has 0 radical (unpaired) electrons. The third kappa shape index (κ3) is 106. The summed E-state index contributed by atoms with van der Waals surface area (Å²) in [5.74, 6) is 0. The second-order valence-corrected chi connectivity index (χ2v) is 32.8. The SMILES string of the molecule is CCCNCC[NH2+]CC[NH2+]CC[NH3+].CCCNCC[NH3+].CCC[N+](C)(C)C.CCC[N+](C)(C)CC[N+](C)(C)C.CCC[N+](C)(C)CC[N+](C)(C)CC[N+](C)(C)CC[N+](C)(C)C.CCC[N+](C)(C)CC[NH3+].CCC[NH3+].CC[N+](C)(C)C.CC[N+](CC)(CC)CC. The van der Waals surface area contributed by atoms with Crippen LogP contribution in [0.3, 0.4) is 0 Å². The third-order valence-electron chi connectivity index (χ3n) is 16.2. The average Bonchev–Trinajstić information content (AvgIpc) is 3.64. The van der Waals surface area contributed by atoms with Crippen LogP contribution in [0.15, 0.2) is 0 Å². The molecule has 0 aliphatic carbocycles. The maximum Gasteiger partial charge on any atom is 0.128 e. The predicted molar refractivity (Wildman–Crippen MR) is 401 cm³/mol. The molecule has 0 amide bonds. The number of likely N-dealkylation sites (N-methyl/N-ethyl adjacent to an activating group) is 7. The van der Waals surface area contributed by atoms with Gasteiger partial charge in [0.05, 0.1) is 234 Å². The fourth-order valence-electron chi connectivity index (χ4n) is 8.64. The molecular weight excluding hydrogens is 1100 g/mol. The van der Waals surface area contributed by atoms with E-state index in [-0.39, 0.29) is 0 Å². The maximum absolute atomic E-state index is 3.84. The van der Waals surface area contributed by atoms with Crippen LogP contribution < -0.4 is 44.2 Å². The summed E-state index contributed by atoms with van der Waals surface area (Å²) in [7, 11) is 50.2. The first-order valence-electron chi connectivity index (χ1n) is 37.1. The van der Waals surface area contributed by atoms with Crippen molar-refractivity contribution in [3.63, 3.8) is 0 Å². The molecule has 0 saturated heterocycles. The molecule has 0 atom stereocenters. The van der Waals surface area contributed by atoms with E-state index in [9.17, 15) is 0 Å². The number of quaternary nitrogens is 16. The van der Waals surface area contributed by atoms with E-state index < -0.39 is 0 Å². The van der Waals surface area contributed by atoms with Crippen LogP contribution in [0, 0.1) is 0 Å². The second-order valence-electron chi connectivity index (χ2n) is 32.8. The minimum absolute atomic E-state index is 1.00.